The molecule has 0 aromatic heterocycles. The highest BCUT2D eigenvalue weighted by Crippen LogP contribution is 2.52. The van der Waals surface area contributed by atoms with E-state index in [1.807, 2.05) is 0 Å². The van der Waals surface area contributed by atoms with Gasteiger partial charge in [-0.05, 0) is 30.7 Å². The monoisotopic (exact) mass is 276 g/mol. The van der Waals surface area contributed by atoms with Crippen molar-refractivity contribution < 1.29 is 9.90 Å². The second-order valence-electron chi connectivity index (χ2n) is 7.03. The number of hydrogen-bond donors (Lipinski definition) is 3. The fourth-order valence-corrected chi connectivity index (χ4v) is 3.56. The van der Waals surface area contributed by atoms with E-state index in [1.54, 1.807) is 25.1 Å². The smallest absolute Gasteiger partial charge is 0.251 e. The van der Waals surface area contributed by atoms with E-state index in [2.05, 4.69) is 33.0 Å². The summed E-state index contributed by atoms with van der Waals surface area (Å²) in [4.78, 5) is 12.4. The van der Waals surface area contributed by atoms with Crippen molar-refractivity contribution in [3.63, 3.8) is 0 Å². The first-order chi connectivity index (χ1) is 9.08. The number of phenols is 1. The molecule has 1 fully saturated rings. The van der Waals surface area contributed by atoms with Crippen LogP contribution in [0.15, 0.2) is 18.2 Å². The van der Waals surface area contributed by atoms with Crippen LogP contribution in [0.25, 0.3) is 0 Å². The Bertz CT molecular complexity index is 533. The molecule has 20 heavy (non-hydrogen) atoms. The first kappa shape index (κ1) is 14.9. The van der Waals surface area contributed by atoms with Crippen LogP contribution in [0.1, 0.15) is 43.6 Å². The van der Waals surface area contributed by atoms with E-state index in [1.165, 1.54) is 0 Å². The van der Waals surface area contributed by atoms with Gasteiger partial charge in [0.1, 0.15) is 5.75 Å². The highest BCUT2D eigenvalue weighted by molar-refractivity contribution is 5.95. The number of rotatable bonds is 2. The lowest BCUT2D eigenvalue weighted by molar-refractivity contribution is -0.0663. The Morgan fingerprint density at radius 1 is 1.25 bits per heavy atom. The molecule has 4 N–H and O–H groups in total. The summed E-state index contributed by atoms with van der Waals surface area (Å²) < 4.78 is 0. The largest absolute Gasteiger partial charge is 0.508 e. The van der Waals surface area contributed by atoms with Crippen LogP contribution in [-0.4, -0.2) is 23.1 Å². The molecule has 2 rings (SSSR count). The predicted molar refractivity (Wildman–Crippen MR) is 79.6 cm³/mol. The molecule has 1 aromatic carbocycles. The molecular weight excluding hydrogens is 252 g/mol. The molecule has 0 unspecified atom stereocenters. The average Bonchev–Trinajstić information content (AvgIpc) is 2.37. The topological polar surface area (TPSA) is 75.4 Å². The number of benzene rings is 1. The van der Waals surface area contributed by atoms with E-state index in [0.29, 0.717) is 11.1 Å². The van der Waals surface area contributed by atoms with Crippen molar-refractivity contribution in [2.24, 2.45) is 16.6 Å². The summed E-state index contributed by atoms with van der Waals surface area (Å²) >= 11 is 0. The minimum absolute atomic E-state index is 0.0339. The van der Waals surface area contributed by atoms with Crippen LogP contribution in [-0.2, 0) is 0 Å². The number of phenolic OH excluding ortho intramolecular Hbond substituents is 1. The summed E-state index contributed by atoms with van der Waals surface area (Å²) in [6.45, 7) is 10.1. The van der Waals surface area contributed by atoms with Crippen LogP contribution in [0, 0.1) is 17.8 Å². The maximum atomic E-state index is 12.4. The van der Waals surface area contributed by atoms with Gasteiger partial charge < -0.3 is 16.2 Å². The summed E-state index contributed by atoms with van der Waals surface area (Å²) in [6, 6.07) is 4.97. The summed E-state index contributed by atoms with van der Waals surface area (Å²) in [7, 11) is 0. The molecule has 4 nitrogen and oxygen atoms in total. The zero-order valence-corrected chi connectivity index (χ0v) is 12.8. The van der Waals surface area contributed by atoms with Gasteiger partial charge in [-0.1, -0.05) is 27.7 Å². The fourth-order valence-electron chi connectivity index (χ4n) is 3.56. The zero-order chi connectivity index (χ0) is 15.3. The second kappa shape index (κ2) is 4.48. The van der Waals surface area contributed by atoms with E-state index in [-0.39, 0.29) is 34.6 Å². The third-order valence-electron chi connectivity index (χ3n) is 4.83. The SMILES string of the molecule is Cc1cc(C(=O)NC2C(C)(C)C(N)C2(C)C)ccc1O. The fraction of sp³-hybridized carbons (Fsp3) is 0.562. The summed E-state index contributed by atoms with van der Waals surface area (Å²) in [5, 5.41) is 12.6. The molecule has 0 spiro atoms. The van der Waals surface area contributed by atoms with Gasteiger partial charge >= 0.3 is 0 Å². The Morgan fingerprint density at radius 2 is 1.80 bits per heavy atom. The molecule has 1 saturated carbocycles. The molecule has 0 heterocycles. The van der Waals surface area contributed by atoms with Gasteiger partial charge in [0.15, 0.2) is 0 Å². The third-order valence-corrected chi connectivity index (χ3v) is 4.83. The zero-order valence-electron chi connectivity index (χ0n) is 12.8. The van der Waals surface area contributed by atoms with E-state index in [0.717, 1.165) is 0 Å². The predicted octanol–water partition coefficient (Wildman–Crippen LogP) is 2.19. The lowest BCUT2D eigenvalue weighted by Crippen LogP contribution is -2.76. The number of nitrogens with one attached hydrogen (secondary N) is 1. The molecule has 0 aliphatic heterocycles. The maximum absolute atomic E-state index is 12.4. The normalized spacial score (nSPS) is 26.7. The van der Waals surface area contributed by atoms with Gasteiger partial charge in [-0.15, -0.1) is 0 Å². The number of amides is 1. The third kappa shape index (κ3) is 2.08. The van der Waals surface area contributed by atoms with Crippen LogP contribution in [0.4, 0.5) is 0 Å². The lowest BCUT2D eigenvalue weighted by atomic mass is 9.48. The molecular formula is C16H24N2O2. The Labute approximate surface area is 120 Å². The highest BCUT2D eigenvalue weighted by atomic mass is 16.3. The van der Waals surface area contributed by atoms with Gasteiger partial charge in [-0.2, -0.15) is 0 Å². The van der Waals surface area contributed by atoms with Crippen LogP contribution in [0.2, 0.25) is 0 Å². The number of carbonyl (C=O) groups is 1. The van der Waals surface area contributed by atoms with Gasteiger partial charge in [0, 0.05) is 28.5 Å². The van der Waals surface area contributed by atoms with Gasteiger partial charge in [0.25, 0.3) is 5.91 Å². The molecule has 110 valence electrons. The number of aryl methyl sites for hydroxylation is 1. The van der Waals surface area contributed by atoms with E-state index in [9.17, 15) is 9.90 Å². The van der Waals surface area contributed by atoms with Crippen LogP contribution in [0.5, 0.6) is 5.75 Å². The molecule has 0 bridgehead atoms. The van der Waals surface area contributed by atoms with Crippen LogP contribution >= 0.6 is 0 Å². The molecule has 4 heteroatoms. The van der Waals surface area contributed by atoms with Crippen LogP contribution < -0.4 is 11.1 Å². The van der Waals surface area contributed by atoms with Crippen molar-refractivity contribution >= 4 is 5.91 Å². The highest BCUT2D eigenvalue weighted by Gasteiger charge is 2.60. The van der Waals surface area contributed by atoms with Crippen molar-refractivity contribution in [2.75, 3.05) is 0 Å². The Kier molecular flexibility index (Phi) is 3.33. The lowest BCUT2D eigenvalue weighted by Gasteiger charge is -2.62. The maximum Gasteiger partial charge on any atom is 0.251 e. The van der Waals surface area contributed by atoms with Crippen LogP contribution in [0.3, 0.4) is 0 Å². The average molecular weight is 276 g/mol. The number of aromatic hydroxyl groups is 1. The molecule has 0 radical (unpaired) electrons. The quantitative estimate of drug-likeness (QED) is 0.775. The van der Waals surface area contributed by atoms with E-state index < -0.39 is 0 Å². The number of carbonyl (C=O) groups excluding carboxylic acids is 1. The minimum atomic E-state index is -0.120. The minimum Gasteiger partial charge on any atom is -0.508 e. The molecule has 1 amide bonds. The van der Waals surface area contributed by atoms with E-state index >= 15 is 0 Å². The Hall–Kier alpha value is -1.55. The molecule has 1 aromatic rings. The van der Waals surface area contributed by atoms with Gasteiger partial charge in [-0.25, -0.2) is 0 Å². The van der Waals surface area contributed by atoms with Gasteiger partial charge in [0.2, 0.25) is 0 Å². The van der Waals surface area contributed by atoms with Crippen molar-refractivity contribution in [2.45, 2.75) is 46.7 Å². The Morgan fingerprint density at radius 3 is 2.30 bits per heavy atom. The molecule has 0 saturated heterocycles. The van der Waals surface area contributed by atoms with Gasteiger partial charge in [0.05, 0.1) is 0 Å². The van der Waals surface area contributed by atoms with Gasteiger partial charge in [-0.3, -0.25) is 4.79 Å². The molecule has 0 atom stereocenters. The molecule has 1 aliphatic rings. The second-order valence-corrected chi connectivity index (χ2v) is 7.03. The summed E-state index contributed by atoms with van der Waals surface area (Å²) in [5.74, 6) is 0.0824. The standard InChI is InChI=1S/C16H24N2O2/c1-9-8-10(6-7-11(9)19)12(20)18-14-15(2,3)13(17)16(14,4)5/h6-8,13-14,19H,17H2,1-5H3,(H,18,20). The Balaban J connectivity index is 2.18. The van der Waals surface area contributed by atoms with Crippen molar-refractivity contribution in [1.29, 1.82) is 0 Å². The van der Waals surface area contributed by atoms with Crippen molar-refractivity contribution in [1.82, 2.24) is 5.32 Å². The summed E-state index contributed by atoms with van der Waals surface area (Å²) in [6.07, 6.45) is 0. The first-order valence-electron chi connectivity index (χ1n) is 6.94. The van der Waals surface area contributed by atoms with Crippen molar-refractivity contribution in [3.05, 3.63) is 29.3 Å². The number of hydrogen-bond acceptors (Lipinski definition) is 3. The van der Waals surface area contributed by atoms with E-state index in [4.69, 9.17) is 5.73 Å². The summed E-state index contributed by atoms with van der Waals surface area (Å²) in [5.41, 5.74) is 7.22. The number of nitrogens with two attached hydrogens (primary N) is 1. The first-order valence-corrected chi connectivity index (χ1v) is 6.94. The van der Waals surface area contributed by atoms with Crippen molar-refractivity contribution in [3.8, 4) is 5.75 Å². The molecule has 1 aliphatic carbocycles.